The zero-order chi connectivity index (χ0) is 22.6. The quantitative estimate of drug-likeness (QED) is 0.787. The average molecular weight is 406 g/mol. The first-order valence-electron chi connectivity index (χ1n) is 9.75. The maximum Gasteiger partial charge on any atom is 0.408 e. The summed E-state index contributed by atoms with van der Waals surface area (Å²) in [4.78, 5) is 39.4. The van der Waals surface area contributed by atoms with E-state index in [0.29, 0.717) is 5.56 Å². The fourth-order valence-corrected chi connectivity index (χ4v) is 2.81. The number of amides is 3. The van der Waals surface area contributed by atoms with Crippen molar-refractivity contribution in [3.8, 4) is 0 Å². The number of nitrogens with one attached hydrogen (secondary N) is 2. The monoisotopic (exact) mass is 405 g/mol. The maximum absolute atomic E-state index is 13.0. The second-order valence-corrected chi connectivity index (χ2v) is 9.37. The van der Waals surface area contributed by atoms with Crippen molar-refractivity contribution >= 4 is 17.9 Å². The van der Waals surface area contributed by atoms with Gasteiger partial charge < -0.3 is 20.3 Å². The van der Waals surface area contributed by atoms with E-state index in [-0.39, 0.29) is 5.91 Å². The summed E-state index contributed by atoms with van der Waals surface area (Å²) in [5, 5.41) is 5.48. The Bertz CT molecular complexity index is 747. The van der Waals surface area contributed by atoms with Crippen LogP contribution < -0.4 is 10.6 Å². The molecule has 0 saturated carbocycles. The molecular formula is C22H35N3O4. The Morgan fingerprint density at radius 3 is 2.14 bits per heavy atom. The van der Waals surface area contributed by atoms with Gasteiger partial charge in [-0.25, -0.2) is 4.79 Å². The first-order valence-corrected chi connectivity index (χ1v) is 9.75. The Kier molecular flexibility index (Phi) is 7.83. The topological polar surface area (TPSA) is 87.7 Å². The van der Waals surface area contributed by atoms with Crippen molar-refractivity contribution in [3.63, 3.8) is 0 Å². The van der Waals surface area contributed by atoms with Gasteiger partial charge in [0.25, 0.3) is 0 Å². The van der Waals surface area contributed by atoms with Gasteiger partial charge in [0, 0.05) is 12.6 Å². The highest BCUT2D eigenvalue weighted by Gasteiger charge is 2.33. The summed E-state index contributed by atoms with van der Waals surface area (Å²) < 4.78 is 5.21. The van der Waals surface area contributed by atoms with E-state index in [4.69, 9.17) is 4.74 Å². The molecule has 2 unspecified atom stereocenters. The minimum absolute atomic E-state index is 0.289. The summed E-state index contributed by atoms with van der Waals surface area (Å²) >= 11 is 0. The highest BCUT2D eigenvalue weighted by molar-refractivity contribution is 5.92. The van der Waals surface area contributed by atoms with E-state index >= 15 is 0 Å². The summed E-state index contributed by atoms with van der Waals surface area (Å²) in [7, 11) is 1.56. The molecule has 3 amide bonds. The number of likely N-dealkylation sites (N-methyl/N-ethyl adjacent to an activating group) is 1. The fourth-order valence-electron chi connectivity index (χ4n) is 2.81. The number of aryl methyl sites for hydroxylation is 1. The number of carbonyl (C=O) groups excluding carboxylic acids is 3. The van der Waals surface area contributed by atoms with Crippen LogP contribution >= 0.6 is 0 Å². The average Bonchev–Trinajstić information content (AvgIpc) is 2.50. The first-order chi connectivity index (χ1) is 13.1. The van der Waals surface area contributed by atoms with Crippen LogP contribution in [0.1, 0.15) is 65.6 Å². The molecule has 1 aromatic rings. The molecule has 0 bridgehead atoms. The van der Waals surface area contributed by atoms with Crippen molar-refractivity contribution in [2.24, 2.45) is 0 Å². The third-order valence-electron chi connectivity index (χ3n) is 3.94. The van der Waals surface area contributed by atoms with Gasteiger partial charge in [-0.1, -0.05) is 29.8 Å². The van der Waals surface area contributed by atoms with Gasteiger partial charge in [-0.2, -0.15) is 0 Å². The minimum atomic E-state index is -0.857. The third kappa shape index (κ3) is 8.13. The number of hydrogen-bond acceptors (Lipinski definition) is 4. The number of carbonyl (C=O) groups is 3. The molecular weight excluding hydrogens is 370 g/mol. The van der Waals surface area contributed by atoms with Crippen molar-refractivity contribution in [2.45, 2.75) is 78.6 Å². The van der Waals surface area contributed by atoms with Gasteiger partial charge in [0.1, 0.15) is 17.7 Å². The van der Waals surface area contributed by atoms with Gasteiger partial charge in [0.2, 0.25) is 11.8 Å². The van der Waals surface area contributed by atoms with E-state index in [9.17, 15) is 14.4 Å². The van der Waals surface area contributed by atoms with Crippen LogP contribution in [0, 0.1) is 6.92 Å². The predicted molar refractivity (Wildman–Crippen MR) is 113 cm³/mol. The Morgan fingerprint density at radius 2 is 1.66 bits per heavy atom. The van der Waals surface area contributed by atoms with Crippen molar-refractivity contribution in [1.82, 2.24) is 15.5 Å². The zero-order valence-electron chi connectivity index (χ0n) is 19.0. The van der Waals surface area contributed by atoms with Crippen LogP contribution in [0.15, 0.2) is 24.3 Å². The summed E-state index contributed by atoms with van der Waals surface area (Å²) in [5.41, 5.74) is 0.558. The van der Waals surface area contributed by atoms with Crippen LogP contribution in [0.2, 0.25) is 0 Å². The summed E-state index contributed by atoms with van der Waals surface area (Å²) in [6.07, 6.45) is -0.682. The Morgan fingerprint density at radius 1 is 1.07 bits per heavy atom. The predicted octanol–water partition coefficient (Wildman–Crippen LogP) is 3.32. The molecule has 1 rings (SSSR count). The molecule has 0 aliphatic heterocycles. The van der Waals surface area contributed by atoms with Crippen molar-refractivity contribution in [3.05, 3.63) is 35.4 Å². The van der Waals surface area contributed by atoms with E-state index in [1.165, 1.54) is 4.90 Å². The highest BCUT2D eigenvalue weighted by atomic mass is 16.6. The molecule has 2 N–H and O–H groups in total. The van der Waals surface area contributed by atoms with Gasteiger partial charge in [0.15, 0.2) is 0 Å². The van der Waals surface area contributed by atoms with Gasteiger partial charge in [-0.15, -0.1) is 0 Å². The van der Waals surface area contributed by atoms with Crippen molar-refractivity contribution in [2.75, 3.05) is 7.05 Å². The lowest BCUT2D eigenvalue weighted by Crippen LogP contribution is -2.52. The minimum Gasteiger partial charge on any atom is -0.444 e. The smallest absolute Gasteiger partial charge is 0.408 e. The lowest BCUT2D eigenvalue weighted by molar-refractivity contribution is -0.141. The fraction of sp³-hybridized carbons (Fsp3) is 0.591. The second-order valence-electron chi connectivity index (χ2n) is 9.37. The van der Waals surface area contributed by atoms with Gasteiger partial charge in [-0.3, -0.25) is 9.59 Å². The number of nitrogens with zero attached hydrogens (tertiary/aromatic N) is 1. The largest absolute Gasteiger partial charge is 0.444 e. The molecule has 1 aromatic carbocycles. The van der Waals surface area contributed by atoms with Crippen molar-refractivity contribution in [1.29, 1.82) is 0 Å². The lowest BCUT2D eigenvalue weighted by atomic mass is 10.00. The Labute approximate surface area is 174 Å². The third-order valence-corrected chi connectivity index (χ3v) is 3.94. The van der Waals surface area contributed by atoms with E-state index in [1.54, 1.807) is 34.7 Å². The van der Waals surface area contributed by atoms with Crippen LogP contribution in [0.3, 0.4) is 0 Å². The number of hydrogen-bond donors (Lipinski definition) is 2. The van der Waals surface area contributed by atoms with Crippen LogP contribution in [0.4, 0.5) is 4.79 Å². The van der Waals surface area contributed by atoms with Gasteiger partial charge in [-0.05, 0) is 61.0 Å². The SMILES string of the molecule is Cc1cccc(C(C(=O)NC(C)(C)C)N(C)C(=O)C(C)NC(=O)OC(C)(C)C)c1. The van der Waals surface area contributed by atoms with Crippen LogP contribution in [0.5, 0.6) is 0 Å². The molecule has 0 aromatic heterocycles. The Hall–Kier alpha value is -2.57. The van der Waals surface area contributed by atoms with E-state index in [2.05, 4.69) is 10.6 Å². The molecule has 7 heteroatoms. The summed E-state index contributed by atoms with van der Waals surface area (Å²) in [6, 6.07) is 5.78. The van der Waals surface area contributed by atoms with Crippen molar-refractivity contribution < 1.29 is 19.1 Å². The molecule has 0 aliphatic rings. The molecule has 2 atom stereocenters. The number of alkyl carbamates (subject to hydrolysis) is 1. The molecule has 7 nitrogen and oxygen atoms in total. The Balaban J connectivity index is 3.09. The molecule has 0 fully saturated rings. The highest BCUT2D eigenvalue weighted by Crippen LogP contribution is 2.23. The molecule has 0 saturated heterocycles. The molecule has 0 heterocycles. The lowest BCUT2D eigenvalue weighted by Gasteiger charge is -2.33. The van der Waals surface area contributed by atoms with Crippen LogP contribution in [-0.2, 0) is 14.3 Å². The molecule has 0 aliphatic carbocycles. The van der Waals surface area contributed by atoms with Gasteiger partial charge in [0.05, 0.1) is 0 Å². The van der Waals surface area contributed by atoms with Crippen LogP contribution in [-0.4, -0.2) is 47.0 Å². The molecule has 162 valence electrons. The maximum atomic E-state index is 13.0. The van der Waals surface area contributed by atoms with Gasteiger partial charge >= 0.3 is 6.09 Å². The second kappa shape index (κ2) is 9.29. The van der Waals surface area contributed by atoms with Crippen LogP contribution in [0.25, 0.3) is 0 Å². The van der Waals surface area contributed by atoms with E-state index in [1.807, 2.05) is 52.0 Å². The normalized spacial score (nSPS) is 13.8. The number of ether oxygens (including phenoxy) is 1. The molecule has 29 heavy (non-hydrogen) atoms. The zero-order valence-corrected chi connectivity index (χ0v) is 19.0. The molecule has 0 radical (unpaired) electrons. The first kappa shape index (κ1) is 24.5. The standard InChI is InChI=1S/C22H35N3O4/c1-14-11-10-12-16(13-14)17(18(26)24-21(3,4)5)25(9)19(27)15(2)23-20(28)29-22(6,7)8/h10-13,15,17H,1-9H3,(H,23,28)(H,24,26). The van der Waals surface area contributed by atoms with E-state index in [0.717, 1.165) is 5.56 Å². The number of rotatable bonds is 5. The summed E-state index contributed by atoms with van der Waals surface area (Å²) in [5.74, 6) is -0.685. The molecule has 0 spiro atoms. The van der Waals surface area contributed by atoms with E-state index < -0.39 is 35.2 Å². The summed E-state index contributed by atoms with van der Waals surface area (Å²) in [6.45, 7) is 14.4. The number of benzene rings is 1.